The van der Waals surface area contributed by atoms with E-state index in [1.165, 1.54) is 12.5 Å². The Morgan fingerprint density at radius 2 is 1.81 bits per heavy atom. The number of nitrogens with one attached hydrogen (secondary N) is 2. The van der Waals surface area contributed by atoms with Crippen molar-refractivity contribution in [3.8, 4) is 5.75 Å². The number of amides is 1. The number of ether oxygens (including phenoxy) is 1. The van der Waals surface area contributed by atoms with E-state index in [2.05, 4.69) is 27.8 Å². The van der Waals surface area contributed by atoms with E-state index in [9.17, 15) is 4.79 Å². The number of methoxy groups -OCH3 is 1. The lowest BCUT2D eigenvalue weighted by Crippen LogP contribution is -2.36. The van der Waals surface area contributed by atoms with Gasteiger partial charge in [-0.3, -0.25) is 4.79 Å². The van der Waals surface area contributed by atoms with Crippen LogP contribution in [0.25, 0.3) is 0 Å². The summed E-state index contributed by atoms with van der Waals surface area (Å²) in [5, 5.41) is 6.14. The molecule has 0 saturated carbocycles. The van der Waals surface area contributed by atoms with Crippen LogP contribution < -0.4 is 15.4 Å². The first kappa shape index (κ1) is 22.8. The summed E-state index contributed by atoms with van der Waals surface area (Å²) in [5.74, 6) is 1.29. The summed E-state index contributed by atoms with van der Waals surface area (Å²) in [6.45, 7) is 2.67. The van der Waals surface area contributed by atoms with Crippen molar-refractivity contribution in [2.24, 2.45) is 4.99 Å². The van der Waals surface area contributed by atoms with Crippen molar-refractivity contribution in [1.29, 1.82) is 0 Å². The lowest BCUT2D eigenvalue weighted by Gasteiger charge is -2.18. The van der Waals surface area contributed by atoms with Gasteiger partial charge in [-0.25, -0.2) is 4.99 Å². The fourth-order valence-electron chi connectivity index (χ4n) is 2.44. The minimum atomic E-state index is -0.137. The van der Waals surface area contributed by atoms with Gasteiger partial charge < -0.3 is 20.3 Å². The lowest BCUT2D eigenvalue weighted by molar-refractivity contribution is -0.114. The largest absolute Gasteiger partial charge is 0.495 e. The quantitative estimate of drug-likeness (QED) is 0.376. The van der Waals surface area contributed by atoms with Crippen LogP contribution in [0.15, 0.2) is 53.5 Å². The van der Waals surface area contributed by atoms with E-state index >= 15 is 0 Å². The SMILES string of the molecule is COc1ccc(CN=C(NCc2ccccc2)N(C)C)cc1NC(C)=O.I. The first-order chi connectivity index (χ1) is 12.5. The number of halogens is 1. The maximum Gasteiger partial charge on any atom is 0.221 e. The summed E-state index contributed by atoms with van der Waals surface area (Å²) in [6.07, 6.45) is 0. The maximum atomic E-state index is 11.4. The number of carbonyl (C=O) groups excluding carboxylic acids is 1. The third kappa shape index (κ3) is 7.46. The standard InChI is InChI=1S/C20H26N4O2.HI/c1-15(25)23-18-12-17(10-11-19(18)26-4)14-22-20(24(2)3)21-13-16-8-6-5-7-9-16;/h5-12H,13-14H2,1-4H3,(H,21,22)(H,23,25);1H. The molecule has 0 bridgehead atoms. The Labute approximate surface area is 178 Å². The number of hydrogen-bond donors (Lipinski definition) is 2. The predicted octanol–water partition coefficient (Wildman–Crippen LogP) is 3.48. The molecule has 0 fully saturated rings. The van der Waals surface area contributed by atoms with Crippen molar-refractivity contribution >= 4 is 41.5 Å². The summed E-state index contributed by atoms with van der Waals surface area (Å²) in [7, 11) is 5.48. The first-order valence-electron chi connectivity index (χ1n) is 8.43. The zero-order valence-electron chi connectivity index (χ0n) is 16.2. The number of carbonyl (C=O) groups is 1. The monoisotopic (exact) mass is 482 g/mol. The molecule has 0 spiro atoms. The summed E-state index contributed by atoms with van der Waals surface area (Å²) in [4.78, 5) is 18.0. The Hall–Kier alpha value is -2.29. The van der Waals surface area contributed by atoms with E-state index in [0.29, 0.717) is 24.5 Å². The molecule has 2 rings (SSSR count). The van der Waals surface area contributed by atoms with Gasteiger partial charge in [-0.15, -0.1) is 24.0 Å². The molecule has 0 aromatic heterocycles. The van der Waals surface area contributed by atoms with E-state index in [1.807, 2.05) is 55.4 Å². The van der Waals surface area contributed by atoms with E-state index in [4.69, 9.17) is 4.74 Å². The predicted molar refractivity (Wildman–Crippen MR) is 121 cm³/mol. The molecule has 2 N–H and O–H groups in total. The molecule has 1 amide bonds. The van der Waals surface area contributed by atoms with E-state index < -0.39 is 0 Å². The van der Waals surface area contributed by atoms with Crippen molar-refractivity contribution in [2.45, 2.75) is 20.0 Å². The van der Waals surface area contributed by atoms with Crippen molar-refractivity contribution in [1.82, 2.24) is 10.2 Å². The molecule has 0 atom stereocenters. The summed E-state index contributed by atoms with van der Waals surface area (Å²) in [6, 6.07) is 15.8. The third-order valence-electron chi connectivity index (χ3n) is 3.70. The van der Waals surface area contributed by atoms with Gasteiger partial charge in [0.2, 0.25) is 5.91 Å². The second kappa shape index (κ2) is 11.4. The van der Waals surface area contributed by atoms with E-state index in [1.54, 1.807) is 7.11 Å². The van der Waals surface area contributed by atoms with E-state index in [-0.39, 0.29) is 29.9 Å². The zero-order chi connectivity index (χ0) is 18.9. The fourth-order valence-corrected chi connectivity index (χ4v) is 2.44. The molecule has 0 heterocycles. The minimum absolute atomic E-state index is 0. The van der Waals surface area contributed by atoms with Crippen LogP contribution >= 0.6 is 24.0 Å². The number of benzene rings is 2. The minimum Gasteiger partial charge on any atom is -0.495 e. The third-order valence-corrected chi connectivity index (χ3v) is 3.70. The van der Waals surface area contributed by atoms with Crippen LogP contribution in [0.2, 0.25) is 0 Å². The highest BCUT2D eigenvalue weighted by Gasteiger charge is 2.07. The molecular formula is C20H27IN4O2. The number of guanidine groups is 1. The second-order valence-electron chi connectivity index (χ2n) is 6.09. The van der Waals surface area contributed by atoms with Crippen molar-refractivity contribution < 1.29 is 9.53 Å². The molecule has 146 valence electrons. The average Bonchev–Trinajstić information content (AvgIpc) is 2.62. The number of rotatable bonds is 6. The van der Waals surface area contributed by atoms with Crippen LogP contribution in [0.3, 0.4) is 0 Å². The van der Waals surface area contributed by atoms with Gasteiger partial charge in [-0.1, -0.05) is 36.4 Å². The van der Waals surface area contributed by atoms with Gasteiger partial charge in [-0.2, -0.15) is 0 Å². The number of nitrogens with zero attached hydrogens (tertiary/aromatic N) is 2. The fraction of sp³-hybridized carbons (Fsp3) is 0.300. The highest BCUT2D eigenvalue weighted by Crippen LogP contribution is 2.25. The van der Waals surface area contributed by atoms with Gasteiger partial charge in [0.05, 0.1) is 19.3 Å². The molecule has 7 heteroatoms. The Morgan fingerprint density at radius 1 is 1.11 bits per heavy atom. The Balaban J connectivity index is 0.00000364. The number of aliphatic imine (C=N–C) groups is 1. The van der Waals surface area contributed by atoms with Gasteiger partial charge in [0, 0.05) is 27.6 Å². The molecule has 0 unspecified atom stereocenters. The van der Waals surface area contributed by atoms with Crippen molar-refractivity contribution in [2.75, 3.05) is 26.5 Å². The first-order valence-corrected chi connectivity index (χ1v) is 8.43. The summed E-state index contributed by atoms with van der Waals surface area (Å²) in [5.41, 5.74) is 2.83. The molecule has 0 aliphatic rings. The molecule has 2 aromatic rings. The maximum absolute atomic E-state index is 11.4. The van der Waals surface area contributed by atoms with Crippen molar-refractivity contribution in [3.05, 3.63) is 59.7 Å². The van der Waals surface area contributed by atoms with Gasteiger partial charge in [0.1, 0.15) is 5.75 Å². The van der Waals surface area contributed by atoms with Gasteiger partial charge >= 0.3 is 0 Å². The molecule has 27 heavy (non-hydrogen) atoms. The molecular weight excluding hydrogens is 455 g/mol. The lowest BCUT2D eigenvalue weighted by atomic mass is 10.2. The van der Waals surface area contributed by atoms with Gasteiger partial charge in [0.15, 0.2) is 5.96 Å². The van der Waals surface area contributed by atoms with Crippen LogP contribution in [0.5, 0.6) is 5.75 Å². The van der Waals surface area contributed by atoms with E-state index in [0.717, 1.165) is 11.5 Å². The van der Waals surface area contributed by atoms with Crippen LogP contribution in [-0.4, -0.2) is 38.0 Å². The molecule has 2 aromatic carbocycles. The van der Waals surface area contributed by atoms with Crippen LogP contribution in [0, 0.1) is 0 Å². The molecule has 0 radical (unpaired) electrons. The summed E-state index contributed by atoms with van der Waals surface area (Å²) >= 11 is 0. The Bertz CT molecular complexity index is 764. The van der Waals surface area contributed by atoms with Crippen molar-refractivity contribution in [3.63, 3.8) is 0 Å². The molecule has 6 nitrogen and oxygen atoms in total. The van der Waals surface area contributed by atoms with Crippen LogP contribution in [0.4, 0.5) is 5.69 Å². The topological polar surface area (TPSA) is 66.0 Å². The van der Waals surface area contributed by atoms with Crippen LogP contribution in [-0.2, 0) is 17.9 Å². The average molecular weight is 482 g/mol. The smallest absolute Gasteiger partial charge is 0.221 e. The molecule has 0 aliphatic heterocycles. The second-order valence-corrected chi connectivity index (χ2v) is 6.09. The Kier molecular flexibility index (Phi) is 9.63. The zero-order valence-corrected chi connectivity index (χ0v) is 18.5. The van der Waals surface area contributed by atoms with Crippen LogP contribution in [0.1, 0.15) is 18.1 Å². The molecule has 0 aliphatic carbocycles. The highest BCUT2D eigenvalue weighted by molar-refractivity contribution is 14.0. The summed E-state index contributed by atoms with van der Waals surface area (Å²) < 4.78 is 5.28. The van der Waals surface area contributed by atoms with Gasteiger partial charge in [-0.05, 0) is 23.3 Å². The normalized spacial score (nSPS) is 10.6. The number of anilines is 1. The van der Waals surface area contributed by atoms with Gasteiger partial charge in [0.25, 0.3) is 0 Å². The highest BCUT2D eigenvalue weighted by atomic mass is 127. The molecule has 0 saturated heterocycles. The number of hydrogen-bond acceptors (Lipinski definition) is 3. The Morgan fingerprint density at radius 3 is 2.41 bits per heavy atom.